The monoisotopic (exact) mass is 229 g/mol. The van der Waals surface area contributed by atoms with E-state index in [-0.39, 0.29) is 11.6 Å². The predicted octanol–water partition coefficient (Wildman–Crippen LogP) is 0.648. The quantitative estimate of drug-likeness (QED) is 0.768. The molecule has 2 heterocycles. The van der Waals surface area contributed by atoms with E-state index in [4.69, 9.17) is 16.3 Å². The molecule has 1 aliphatic heterocycles. The van der Waals surface area contributed by atoms with Crippen molar-refractivity contribution in [2.45, 2.75) is 13.0 Å². The molecule has 0 saturated carbocycles. The molecule has 1 atom stereocenters. The zero-order valence-electron chi connectivity index (χ0n) is 8.36. The van der Waals surface area contributed by atoms with E-state index in [0.29, 0.717) is 30.7 Å². The van der Waals surface area contributed by atoms with E-state index in [9.17, 15) is 4.79 Å². The van der Waals surface area contributed by atoms with E-state index in [2.05, 4.69) is 9.97 Å². The third-order valence-corrected chi connectivity index (χ3v) is 2.57. The van der Waals surface area contributed by atoms with Crippen molar-refractivity contribution in [3.63, 3.8) is 0 Å². The first-order chi connectivity index (χ1) is 7.18. The molecule has 5 nitrogen and oxygen atoms in total. The van der Waals surface area contributed by atoms with Crippen molar-refractivity contribution in [2.75, 3.05) is 24.7 Å². The van der Waals surface area contributed by atoms with Crippen molar-refractivity contribution in [2.24, 2.45) is 0 Å². The fourth-order valence-electron chi connectivity index (χ4n) is 1.61. The van der Waals surface area contributed by atoms with Crippen molar-refractivity contribution < 1.29 is 4.74 Å². The first-order valence-electron chi connectivity index (χ1n) is 4.78. The Labute approximate surface area is 92.0 Å². The number of hydrogen-bond acceptors (Lipinski definition) is 4. The highest BCUT2D eigenvalue weighted by molar-refractivity contribution is 6.29. The van der Waals surface area contributed by atoms with Crippen LogP contribution in [0.25, 0.3) is 0 Å². The van der Waals surface area contributed by atoms with Crippen molar-refractivity contribution >= 4 is 17.4 Å². The fraction of sp³-hybridized carbons (Fsp3) is 0.556. The maximum Gasteiger partial charge on any atom is 0.291 e. The summed E-state index contributed by atoms with van der Waals surface area (Å²) in [6.45, 7) is 3.87. The molecule has 1 aliphatic rings. The Bertz CT molecular complexity index is 407. The van der Waals surface area contributed by atoms with Crippen molar-refractivity contribution in [3.05, 3.63) is 21.7 Å². The number of morpholine rings is 1. The van der Waals surface area contributed by atoms with Crippen molar-refractivity contribution in [1.82, 2.24) is 9.97 Å². The minimum Gasteiger partial charge on any atom is -0.377 e. The second-order valence-corrected chi connectivity index (χ2v) is 3.88. The average Bonchev–Trinajstić information content (AvgIpc) is 2.23. The van der Waals surface area contributed by atoms with E-state index < -0.39 is 0 Å². The number of aromatic nitrogens is 2. The van der Waals surface area contributed by atoms with Gasteiger partial charge in [0.2, 0.25) is 0 Å². The van der Waals surface area contributed by atoms with Gasteiger partial charge in [0.1, 0.15) is 5.15 Å². The summed E-state index contributed by atoms with van der Waals surface area (Å²) in [5.74, 6) is 0.373. The number of H-pyrrole nitrogens is 1. The summed E-state index contributed by atoms with van der Waals surface area (Å²) in [5, 5.41) is 0.295. The van der Waals surface area contributed by atoms with E-state index in [0.717, 1.165) is 0 Å². The fourth-order valence-corrected chi connectivity index (χ4v) is 1.74. The summed E-state index contributed by atoms with van der Waals surface area (Å²) >= 11 is 5.74. The van der Waals surface area contributed by atoms with Gasteiger partial charge in [-0.05, 0) is 6.92 Å². The molecule has 0 aromatic carbocycles. The second kappa shape index (κ2) is 4.20. The smallest absolute Gasteiger partial charge is 0.291 e. The summed E-state index contributed by atoms with van der Waals surface area (Å²) in [5.41, 5.74) is -0.215. The largest absolute Gasteiger partial charge is 0.377 e. The Kier molecular flexibility index (Phi) is 2.93. The second-order valence-electron chi connectivity index (χ2n) is 3.49. The molecular formula is C9H12ClN3O2. The topological polar surface area (TPSA) is 58.2 Å². The number of hydrogen-bond donors (Lipinski definition) is 1. The molecule has 1 saturated heterocycles. The van der Waals surface area contributed by atoms with Gasteiger partial charge in [-0.25, -0.2) is 4.98 Å². The lowest BCUT2D eigenvalue weighted by Gasteiger charge is -2.33. The van der Waals surface area contributed by atoms with Crippen LogP contribution in [0.15, 0.2) is 11.0 Å². The summed E-state index contributed by atoms with van der Waals surface area (Å²) < 4.78 is 5.29. The van der Waals surface area contributed by atoms with Crippen LogP contribution in [-0.4, -0.2) is 35.8 Å². The molecule has 1 fully saturated rings. The number of aromatic amines is 1. The lowest BCUT2D eigenvalue weighted by molar-refractivity contribution is 0.0984. The lowest BCUT2D eigenvalue weighted by Crippen LogP contribution is -2.46. The minimum absolute atomic E-state index is 0.144. The molecule has 1 aromatic heterocycles. The first-order valence-corrected chi connectivity index (χ1v) is 5.16. The summed E-state index contributed by atoms with van der Waals surface area (Å²) in [6, 6.07) is 0.144. The summed E-state index contributed by atoms with van der Waals surface area (Å²) in [4.78, 5) is 20.1. The Balaban J connectivity index is 2.35. The van der Waals surface area contributed by atoms with E-state index >= 15 is 0 Å². The maximum absolute atomic E-state index is 11.6. The molecule has 0 bridgehead atoms. The van der Waals surface area contributed by atoms with E-state index in [1.807, 2.05) is 11.8 Å². The predicted molar refractivity (Wildman–Crippen MR) is 57.5 cm³/mol. The van der Waals surface area contributed by atoms with Gasteiger partial charge in [-0.15, -0.1) is 0 Å². The lowest BCUT2D eigenvalue weighted by atomic mass is 10.2. The highest BCUT2D eigenvalue weighted by Gasteiger charge is 2.22. The van der Waals surface area contributed by atoms with Crippen molar-refractivity contribution in [1.29, 1.82) is 0 Å². The summed E-state index contributed by atoms with van der Waals surface area (Å²) in [7, 11) is 0. The number of nitrogens with one attached hydrogen (secondary N) is 1. The van der Waals surface area contributed by atoms with Crippen LogP contribution >= 0.6 is 11.6 Å². The van der Waals surface area contributed by atoms with Crippen LogP contribution in [-0.2, 0) is 4.74 Å². The van der Waals surface area contributed by atoms with Crippen LogP contribution in [0.5, 0.6) is 0 Å². The van der Waals surface area contributed by atoms with Crippen LogP contribution in [0.1, 0.15) is 6.92 Å². The van der Waals surface area contributed by atoms with Crippen LogP contribution in [0, 0.1) is 0 Å². The van der Waals surface area contributed by atoms with Gasteiger partial charge in [-0.1, -0.05) is 11.6 Å². The van der Waals surface area contributed by atoms with Crippen LogP contribution in [0.2, 0.25) is 5.15 Å². The molecule has 15 heavy (non-hydrogen) atoms. The van der Waals surface area contributed by atoms with Crippen LogP contribution in [0.4, 0.5) is 5.82 Å². The molecule has 1 N–H and O–H groups in total. The Morgan fingerprint density at radius 3 is 3.27 bits per heavy atom. The molecule has 0 amide bonds. The maximum atomic E-state index is 11.6. The Morgan fingerprint density at radius 1 is 1.73 bits per heavy atom. The molecule has 82 valence electrons. The SMILES string of the molecule is CC1COCCN1c1nc(Cl)c[nH]c1=O. The molecule has 1 unspecified atom stereocenters. The Hall–Kier alpha value is -1.07. The van der Waals surface area contributed by atoms with Gasteiger partial charge in [-0.3, -0.25) is 4.79 Å². The number of ether oxygens (including phenoxy) is 1. The van der Waals surface area contributed by atoms with Gasteiger partial charge in [0.05, 0.1) is 19.3 Å². The number of rotatable bonds is 1. The highest BCUT2D eigenvalue weighted by atomic mass is 35.5. The van der Waals surface area contributed by atoms with Crippen molar-refractivity contribution in [3.8, 4) is 0 Å². The van der Waals surface area contributed by atoms with E-state index in [1.54, 1.807) is 0 Å². The first kappa shape index (κ1) is 10.4. The molecule has 1 aromatic rings. The van der Waals surface area contributed by atoms with Gasteiger partial charge in [0.25, 0.3) is 5.56 Å². The highest BCUT2D eigenvalue weighted by Crippen LogP contribution is 2.14. The third kappa shape index (κ3) is 2.13. The molecule has 0 radical (unpaired) electrons. The van der Waals surface area contributed by atoms with Gasteiger partial charge < -0.3 is 14.6 Å². The number of halogens is 1. The van der Waals surface area contributed by atoms with E-state index in [1.165, 1.54) is 6.20 Å². The zero-order chi connectivity index (χ0) is 10.8. The molecule has 6 heteroatoms. The molecular weight excluding hydrogens is 218 g/mol. The van der Waals surface area contributed by atoms with Crippen LogP contribution in [0.3, 0.4) is 0 Å². The number of nitrogens with zero attached hydrogens (tertiary/aromatic N) is 2. The standard InChI is InChI=1S/C9H12ClN3O2/c1-6-5-15-3-2-13(6)8-9(14)11-4-7(10)12-8/h4,6H,2-3,5H2,1H3,(H,11,14). The summed E-state index contributed by atoms with van der Waals surface area (Å²) in [6.07, 6.45) is 1.39. The van der Waals surface area contributed by atoms with Gasteiger partial charge in [0, 0.05) is 12.7 Å². The van der Waals surface area contributed by atoms with Crippen LogP contribution < -0.4 is 10.5 Å². The zero-order valence-corrected chi connectivity index (χ0v) is 9.12. The average molecular weight is 230 g/mol. The van der Waals surface area contributed by atoms with Gasteiger partial charge >= 0.3 is 0 Å². The minimum atomic E-state index is -0.215. The van der Waals surface area contributed by atoms with Gasteiger partial charge in [0.15, 0.2) is 5.82 Å². The number of anilines is 1. The third-order valence-electron chi connectivity index (χ3n) is 2.38. The molecule has 2 rings (SSSR count). The molecule has 0 aliphatic carbocycles. The Morgan fingerprint density at radius 2 is 2.53 bits per heavy atom. The normalized spacial score (nSPS) is 21.7. The van der Waals surface area contributed by atoms with Gasteiger partial charge in [-0.2, -0.15) is 0 Å². The molecule has 0 spiro atoms.